The van der Waals surface area contributed by atoms with E-state index in [2.05, 4.69) is 4.98 Å². The summed E-state index contributed by atoms with van der Waals surface area (Å²) >= 11 is 0. The Labute approximate surface area is 53.2 Å². The highest BCUT2D eigenvalue weighted by Crippen LogP contribution is 2.14. The molecule has 0 aliphatic carbocycles. The van der Waals surface area contributed by atoms with Crippen LogP contribution in [-0.2, 0) is 11.3 Å². The van der Waals surface area contributed by atoms with E-state index in [4.69, 9.17) is 4.74 Å². The molecule has 0 bridgehead atoms. The van der Waals surface area contributed by atoms with Gasteiger partial charge in [0.2, 0.25) is 0 Å². The lowest BCUT2D eigenvalue weighted by molar-refractivity contribution is 0.231. The van der Waals surface area contributed by atoms with Crippen LogP contribution in [-0.4, -0.2) is 4.98 Å². The van der Waals surface area contributed by atoms with E-state index in [0.717, 1.165) is 5.69 Å². The lowest BCUT2D eigenvalue weighted by Gasteiger charge is -2.04. The van der Waals surface area contributed by atoms with Gasteiger partial charge in [0.15, 0.2) is 0 Å². The smallest absolute Gasteiger partial charge is 0.128 e. The summed E-state index contributed by atoms with van der Waals surface area (Å²) in [6, 6.07) is 2.04. The van der Waals surface area contributed by atoms with Crippen LogP contribution in [0.4, 0.5) is 0 Å². The Morgan fingerprint density at radius 2 is 2.56 bits per heavy atom. The van der Waals surface area contributed by atoms with Crippen LogP contribution in [0.5, 0.6) is 0 Å². The van der Waals surface area contributed by atoms with Gasteiger partial charge in [-0.25, -0.2) is 0 Å². The van der Waals surface area contributed by atoms with E-state index in [1.165, 1.54) is 5.56 Å². The molecule has 1 N–H and O–H groups in total. The van der Waals surface area contributed by atoms with Crippen LogP contribution in [0.15, 0.2) is 18.5 Å². The Balaban J connectivity index is 2.53. The number of nitrogens with one attached hydrogen (secondary N) is 1. The van der Waals surface area contributed by atoms with E-state index >= 15 is 0 Å². The van der Waals surface area contributed by atoms with E-state index < -0.39 is 0 Å². The normalized spacial score (nSPS) is 14.7. The number of aromatic nitrogens is 1. The summed E-state index contributed by atoms with van der Waals surface area (Å²) in [7, 11) is 0. The van der Waals surface area contributed by atoms with E-state index in [9.17, 15) is 0 Å². The molecule has 2 heteroatoms. The van der Waals surface area contributed by atoms with Crippen LogP contribution in [0.2, 0.25) is 0 Å². The maximum absolute atomic E-state index is 5.04. The predicted molar refractivity (Wildman–Crippen MR) is 34.6 cm³/mol. The van der Waals surface area contributed by atoms with E-state index in [1.807, 2.05) is 18.3 Å². The maximum atomic E-state index is 5.04. The molecule has 0 spiro atoms. The predicted octanol–water partition coefficient (Wildman–Crippen LogP) is 1.52. The standard InChI is InChI=1S/C7H7NO/c1-3-8-7-5-9-4-2-6(1)7/h1-4,8H,5H2. The Morgan fingerprint density at radius 1 is 1.56 bits per heavy atom. The fourth-order valence-electron chi connectivity index (χ4n) is 0.950. The lowest BCUT2D eigenvalue weighted by Crippen LogP contribution is -1.93. The van der Waals surface area contributed by atoms with Crippen molar-refractivity contribution in [2.45, 2.75) is 6.61 Å². The van der Waals surface area contributed by atoms with Crippen molar-refractivity contribution in [2.75, 3.05) is 0 Å². The number of aromatic amines is 1. The molecule has 2 nitrogen and oxygen atoms in total. The Morgan fingerprint density at radius 3 is 3.44 bits per heavy atom. The minimum atomic E-state index is 0.679. The Hall–Kier alpha value is -1.18. The van der Waals surface area contributed by atoms with Crippen LogP contribution in [0.3, 0.4) is 0 Å². The molecule has 0 saturated heterocycles. The molecular formula is C7H7NO. The third kappa shape index (κ3) is 0.633. The zero-order valence-electron chi connectivity index (χ0n) is 4.92. The summed E-state index contributed by atoms with van der Waals surface area (Å²) < 4.78 is 5.04. The largest absolute Gasteiger partial charge is 0.495 e. The average Bonchev–Trinajstić information content (AvgIpc) is 2.33. The number of H-pyrrole nitrogens is 1. The first-order chi connectivity index (χ1) is 4.47. The maximum Gasteiger partial charge on any atom is 0.128 e. The van der Waals surface area contributed by atoms with Gasteiger partial charge >= 0.3 is 0 Å². The van der Waals surface area contributed by atoms with Crippen molar-refractivity contribution in [3.63, 3.8) is 0 Å². The van der Waals surface area contributed by atoms with Crippen LogP contribution in [0, 0.1) is 0 Å². The summed E-state index contributed by atoms with van der Waals surface area (Å²) in [5.74, 6) is 0. The quantitative estimate of drug-likeness (QED) is 0.553. The first-order valence-electron chi connectivity index (χ1n) is 2.91. The van der Waals surface area contributed by atoms with Gasteiger partial charge in [-0.2, -0.15) is 0 Å². The van der Waals surface area contributed by atoms with Crippen molar-refractivity contribution < 1.29 is 4.74 Å². The molecule has 1 aromatic rings. The van der Waals surface area contributed by atoms with Crippen LogP contribution >= 0.6 is 0 Å². The molecular weight excluding hydrogens is 114 g/mol. The molecule has 1 aliphatic heterocycles. The Bertz CT molecular complexity index is 237. The van der Waals surface area contributed by atoms with Crippen LogP contribution in [0.1, 0.15) is 11.3 Å². The van der Waals surface area contributed by atoms with Gasteiger partial charge < -0.3 is 9.72 Å². The van der Waals surface area contributed by atoms with Gasteiger partial charge in [0.05, 0.1) is 12.0 Å². The molecule has 0 aromatic carbocycles. The van der Waals surface area contributed by atoms with Crippen LogP contribution in [0.25, 0.3) is 6.08 Å². The third-order valence-corrected chi connectivity index (χ3v) is 1.44. The van der Waals surface area contributed by atoms with Gasteiger partial charge in [-0.05, 0) is 12.1 Å². The van der Waals surface area contributed by atoms with E-state index in [1.54, 1.807) is 6.26 Å². The molecule has 0 fully saturated rings. The monoisotopic (exact) mass is 121 g/mol. The molecule has 1 aromatic heterocycles. The van der Waals surface area contributed by atoms with Crippen molar-refractivity contribution in [3.05, 3.63) is 29.8 Å². The fourth-order valence-corrected chi connectivity index (χ4v) is 0.950. The van der Waals surface area contributed by atoms with Gasteiger partial charge in [0.25, 0.3) is 0 Å². The van der Waals surface area contributed by atoms with Crippen molar-refractivity contribution in [3.8, 4) is 0 Å². The molecule has 0 amide bonds. The van der Waals surface area contributed by atoms with Gasteiger partial charge in [0.1, 0.15) is 6.61 Å². The minimum absolute atomic E-state index is 0.679. The number of hydrogen-bond acceptors (Lipinski definition) is 1. The lowest BCUT2D eigenvalue weighted by atomic mass is 10.2. The molecule has 9 heavy (non-hydrogen) atoms. The second-order valence-corrected chi connectivity index (χ2v) is 2.03. The molecule has 0 radical (unpaired) electrons. The van der Waals surface area contributed by atoms with Crippen molar-refractivity contribution in [1.29, 1.82) is 0 Å². The van der Waals surface area contributed by atoms with Gasteiger partial charge in [-0.15, -0.1) is 0 Å². The zero-order chi connectivity index (χ0) is 6.10. The highest BCUT2D eigenvalue weighted by atomic mass is 16.5. The second kappa shape index (κ2) is 1.65. The minimum Gasteiger partial charge on any atom is -0.495 e. The van der Waals surface area contributed by atoms with Gasteiger partial charge in [-0.1, -0.05) is 0 Å². The van der Waals surface area contributed by atoms with Gasteiger partial charge in [-0.3, -0.25) is 0 Å². The van der Waals surface area contributed by atoms with Gasteiger partial charge in [0, 0.05) is 11.8 Å². The third-order valence-electron chi connectivity index (χ3n) is 1.44. The summed E-state index contributed by atoms with van der Waals surface area (Å²) in [6.07, 6.45) is 5.59. The summed E-state index contributed by atoms with van der Waals surface area (Å²) in [5.41, 5.74) is 2.40. The van der Waals surface area contributed by atoms with Crippen LogP contribution < -0.4 is 0 Å². The van der Waals surface area contributed by atoms with Crippen molar-refractivity contribution >= 4 is 6.08 Å². The molecule has 0 atom stereocenters. The number of rotatable bonds is 0. The number of hydrogen-bond donors (Lipinski definition) is 1. The molecule has 0 saturated carbocycles. The highest BCUT2D eigenvalue weighted by molar-refractivity contribution is 5.52. The van der Waals surface area contributed by atoms with E-state index in [0.29, 0.717) is 6.61 Å². The number of ether oxygens (including phenoxy) is 1. The molecule has 1 aliphatic rings. The molecule has 2 rings (SSSR count). The molecule has 46 valence electrons. The Kier molecular flexibility index (Phi) is 0.859. The summed E-state index contributed by atoms with van der Waals surface area (Å²) in [6.45, 7) is 0.679. The second-order valence-electron chi connectivity index (χ2n) is 2.03. The fraction of sp³-hybridized carbons (Fsp3) is 0.143. The zero-order valence-corrected chi connectivity index (χ0v) is 4.92. The summed E-state index contributed by atoms with van der Waals surface area (Å²) in [5, 5.41) is 0. The average molecular weight is 121 g/mol. The SMILES string of the molecule is C1=Cc2cc[nH]c2CO1. The van der Waals surface area contributed by atoms with Crippen molar-refractivity contribution in [1.82, 2.24) is 4.98 Å². The molecule has 2 heterocycles. The topological polar surface area (TPSA) is 25.0 Å². The highest BCUT2D eigenvalue weighted by Gasteiger charge is 2.02. The molecule has 0 unspecified atom stereocenters. The number of fused-ring (bicyclic) bond motifs is 1. The first kappa shape index (κ1) is 4.68. The van der Waals surface area contributed by atoms with E-state index in [-0.39, 0.29) is 0 Å². The first-order valence-corrected chi connectivity index (χ1v) is 2.91. The summed E-state index contributed by atoms with van der Waals surface area (Å²) in [4.78, 5) is 3.08. The van der Waals surface area contributed by atoms with Crippen molar-refractivity contribution in [2.24, 2.45) is 0 Å².